The lowest BCUT2D eigenvalue weighted by atomic mass is 10.2. The van der Waals surface area contributed by atoms with Crippen molar-refractivity contribution in [1.82, 2.24) is 0 Å². The summed E-state index contributed by atoms with van der Waals surface area (Å²) >= 11 is 11.7. The molecule has 0 atom stereocenters. The van der Waals surface area contributed by atoms with Crippen molar-refractivity contribution in [2.24, 2.45) is 0 Å². The highest BCUT2D eigenvalue weighted by molar-refractivity contribution is 6.31. The van der Waals surface area contributed by atoms with Gasteiger partial charge in [0.2, 0.25) is 0 Å². The van der Waals surface area contributed by atoms with E-state index in [1.54, 1.807) is 48.5 Å². The first-order valence-electron chi connectivity index (χ1n) is 6.38. The van der Waals surface area contributed by atoms with Crippen LogP contribution in [0.15, 0.2) is 48.5 Å². The highest BCUT2D eigenvalue weighted by Gasteiger charge is 2.18. The third kappa shape index (κ3) is 4.76. The molecule has 0 spiro atoms. The standard InChI is InChI=1S/C16H12Cl2O4/c17-13-6-3-4-11(8-13)9-21-15(19)16(20)22-10-12-5-1-2-7-14(12)18/h1-8H,9-10H2. The van der Waals surface area contributed by atoms with Gasteiger partial charge in [0.25, 0.3) is 0 Å². The highest BCUT2D eigenvalue weighted by Crippen LogP contribution is 2.16. The van der Waals surface area contributed by atoms with Crippen molar-refractivity contribution in [3.63, 3.8) is 0 Å². The first-order valence-corrected chi connectivity index (χ1v) is 7.13. The van der Waals surface area contributed by atoms with E-state index in [4.69, 9.17) is 32.7 Å². The van der Waals surface area contributed by atoms with Gasteiger partial charge in [-0.25, -0.2) is 9.59 Å². The van der Waals surface area contributed by atoms with Crippen LogP contribution >= 0.6 is 23.2 Å². The van der Waals surface area contributed by atoms with Gasteiger partial charge in [-0.3, -0.25) is 0 Å². The molecule has 0 heterocycles. The molecule has 0 aromatic heterocycles. The summed E-state index contributed by atoms with van der Waals surface area (Å²) in [4.78, 5) is 23.1. The van der Waals surface area contributed by atoms with Crippen LogP contribution in [0, 0.1) is 0 Å². The summed E-state index contributed by atoms with van der Waals surface area (Å²) in [6.07, 6.45) is 0. The lowest BCUT2D eigenvalue weighted by Crippen LogP contribution is -2.20. The molecule has 2 rings (SSSR count). The molecular formula is C16H12Cl2O4. The molecule has 0 saturated carbocycles. The lowest BCUT2D eigenvalue weighted by molar-refractivity contribution is -0.169. The third-order valence-corrected chi connectivity index (χ3v) is 3.35. The second-order valence-electron chi connectivity index (χ2n) is 4.37. The Labute approximate surface area is 137 Å². The van der Waals surface area contributed by atoms with Crippen LogP contribution in [0.5, 0.6) is 0 Å². The van der Waals surface area contributed by atoms with Crippen LogP contribution in [0.1, 0.15) is 11.1 Å². The van der Waals surface area contributed by atoms with E-state index in [9.17, 15) is 9.59 Å². The van der Waals surface area contributed by atoms with E-state index < -0.39 is 11.9 Å². The SMILES string of the molecule is O=C(OCc1cccc(Cl)c1)C(=O)OCc1ccccc1Cl. The van der Waals surface area contributed by atoms with E-state index in [-0.39, 0.29) is 13.2 Å². The van der Waals surface area contributed by atoms with Gasteiger partial charge < -0.3 is 9.47 Å². The Morgan fingerprint density at radius 3 is 2.23 bits per heavy atom. The number of carbonyl (C=O) groups excluding carboxylic acids is 2. The van der Waals surface area contributed by atoms with Crippen molar-refractivity contribution in [3.05, 3.63) is 69.7 Å². The maximum Gasteiger partial charge on any atom is 0.417 e. The van der Waals surface area contributed by atoms with Crippen molar-refractivity contribution in [2.75, 3.05) is 0 Å². The predicted octanol–water partition coefficient (Wildman–Crippen LogP) is 3.78. The van der Waals surface area contributed by atoms with Crippen molar-refractivity contribution in [2.45, 2.75) is 13.2 Å². The number of hydrogen-bond donors (Lipinski definition) is 0. The molecule has 6 heteroatoms. The molecule has 0 N–H and O–H groups in total. The fraction of sp³-hybridized carbons (Fsp3) is 0.125. The summed E-state index contributed by atoms with van der Waals surface area (Å²) in [5.74, 6) is -2.13. The molecule has 0 aliphatic rings. The van der Waals surface area contributed by atoms with E-state index >= 15 is 0 Å². The molecule has 0 bridgehead atoms. The Hall–Kier alpha value is -2.04. The molecule has 0 saturated heterocycles. The first kappa shape index (κ1) is 16.3. The molecule has 22 heavy (non-hydrogen) atoms. The number of esters is 2. The third-order valence-electron chi connectivity index (χ3n) is 2.74. The van der Waals surface area contributed by atoms with Gasteiger partial charge in [0, 0.05) is 15.6 Å². The van der Waals surface area contributed by atoms with Gasteiger partial charge in [-0.1, -0.05) is 53.5 Å². The fourth-order valence-corrected chi connectivity index (χ4v) is 2.06. The monoisotopic (exact) mass is 338 g/mol. The molecule has 0 aliphatic heterocycles. The summed E-state index contributed by atoms with van der Waals surface area (Å²) in [6.45, 7) is -0.147. The molecule has 0 unspecified atom stereocenters. The zero-order valence-electron chi connectivity index (χ0n) is 11.4. The van der Waals surface area contributed by atoms with Crippen LogP contribution in [0.3, 0.4) is 0 Å². The van der Waals surface area contributed by atoms with Crippen molar-refractivity contribution in [3.8, 4) is 0 Å². The molecule has 2 aromatic carbocycles. The van der Waals surface area contributed by atoms with Gasteiger partial charge in [0.05, 0.1) is 0 Å². The largest absolute Gasteiger partial charge is 0.452 e. The Balaban J connectivity index is 1.82. The van der Waals surface area contributed by atoms with E-state index in [1.165, 1.54) is 0 Å². The average molecular weight is 339 g/mol. The number of ether oxygens (including phenoxy) is 2. The summed E-state index contributed by atoms with van der Waals surface area (Å²) in [6, 6.07) is 13.7. The second kappa shape index (κ2) is 7.82. The van der Waals surface area contributed by atoms with Gasteiger partial charge in [0.15, 0.2) is 0 Å². The zero-order valence-corrected chi connectivity index (χ0v) is 12.9. The van der Waals surface area contributed by atoms with Crippen LogP contribution < -0.4 is 0 Å². The number of rotatable bonds is 4. The quantitative estimate of drug-likeness (QED) is 0.628. The normalized spacial score (nSPS) is 10.1. The molecule has 4 nitrogen and oxygen atoms in total. The van der Waals surface area contributed by atoms with Gasteiger partial charge in [-0.05, 0) is 23.8 Å². The van der Waals surface area contributed by atoms with Crippen molar-refractivity contribution < 1.29 is 19.1 Å². The second-order valence-corrected chi connectivity index (χ2v) is 5.22. The maximum atomic E-state index is 11.5. The smallest absolute Gasteiger partial charge is 0.417 e. The molecule has 2 aromatic rings. The van der Waals surface area contributed by atoms with Gasteiger partial charge in [-0.15, -0.1) is 0 Å². The molecule has 0 amide bonds. The maximum absolute atomic E-state index is 11.5. The summed E-state index contributed by atoms with van der Waals surface area (Å²) in [5, 5.41) is 0.984. The first-order chi connectivity index (χ1) is 10.6. The van der Waals surface area contributed by atoms with Crippen LogP contribution in [0.4, 0.5) is 0 Å². The van der Waals surface area contributed by atoms with Crippen LogP contribution in [-0.2, 0) is 32.3 Å². The number of hydrogen-bond acceptors (Lipinski definition) is 4. The topological polar surface area (TPSA) is 52.6 Å². The molecule has 0 aliphatic carbocycles. The molecule has 0 radical (unpaired) electrons. The fourth-order valence-electron chi connectivity index (χ4n) is 1.65. The minimum atomic E-state index is -1.07. The molecular weight excluding hydrogens is 327 g/mol. The lowest BCUT2D eigenvalue weighted by Gasteiger charge is -2.07. The number of benzene rings is 2. The van der Waals surface area contributed by atoms with Crippen molar-refractivity contribution >= 4 is 35.1 Å². The number of carbonyl (C=O) groups is 2. The number of halogens is 2. The highest BCUT2D eigenvalue weighted by atomic mass is 35.5. The summed E-state index contributed by atoms with van der Waals surface area (Å²) in [5.41, 5.74) is 1.29. The Kier molecular flexibility index (Phi) is 5.81. The summed E-state index contributed by atoms with van der Waals surface area (Å²) < 4.78 is 9.72. The van der Waals surface area contributed by atoms with E-state index in [0.717, 1.165) is 0 Å². The Bertz CT molecular complexity index is 685. The minimum Gasteiger partial charge on any atom is -0.452 e. The molecule has 114 valence electrons. The Morgan fingerprint density at radius 2 is 1.55 bits per heavy atom. The summed E-state index contributed by atoms with van der Waals surface area (Å²) in [7, 11) is 0. The molecule has 0 fully saturated rings. The van der Waals surface area contributed by atoms with Gasteiger partial charge >= 0.3 is 11.9 Å². The van der Waals surface area contributed by atoms with E-state index in [1.807, 2.05) is 0 Å². The van der Waals surface area contributed by atoms with Crippen LogP contribution in [0.2, 0.25) is 10.0 Å². The van der Waals surface area contributed by atoms with Crippen LogP contribution in [0.25, 0.3) is 0 Å². The van der Waals surface area contributed by atoms with E-state index in [0.29, 0.717) is 21.2 Å². The minimum absolute atomic E-state index is 0.0550. The zero-order chi connectivity index (χ0) is 15.9. The van der Waals surface area contributed by atoms with Gasteiger partial charge in [-0.2, -0.15) is 0 Å². The predicted molar refractivity (Wildman–Crippen MR) is 82.5 cm³/mol. The van der Waals surface area contributed by atoms with Crippen LogP contribution in [-0.4, -0.2) is 11.9 Å². The van der Waals surface area contributed by atoms with E-state index in [2.05, 4.69) is 0 Å². The van der Waals surface area contributed by atoms with Crippen molar-refractivity contribution in [1.29, 1.82) is 0 Å². The Morgan fingerprint density at radius 1 is 0.864 bits per heavy atom. The average Bonchev–Trinajstić information content (AvgIpc) is 2.51. The van der Waals surface area contributed by atoms with Gasteiger partial charge in [0.1, 0.15) is 13.2 Å².